The predicted octanol–water partition coefficient (Wildman–Crippen LogP) is 2.43. The van der Waals surface area contributed by atoms with Gasteiger partial charge in [-0.3, -0.25) is 9.79 Å². The minimum Gasteiger partial charge on any atom is -0.359 e. The van der Waals surface area contributed by atoms with Gasteiger partial charge in [0.1, 0.15) is 0 Å². The number of nitrogens with one attached hydrogen (secondary N) is 2. The number of guanidine groups is 1. The number of aryl methyl sites for hydroxylation is 1. The number of thiazole rings is 1. The van der Waals surface area contributed by atoms with E-state index in [0.29, 0.717) is 12.3 Å². The van der Waals surface area contributed by atoms with E-state index in [2.05, 4.69) is 32.8 Å². The van der Waals surface area contributed by atoms with Gasteiger partial charge < -0.3 is 15.5 Å². The molecular weight excluding hydrogens is 449 g/mol. The topological polar surface area (TPSA) is 69.6 Å². The zero-order valence-electron chi connectivity index (χ0n) is 15.4. The van der Waals surface area contributed by atoms with E-state index in [-0.39, 0.29) is 29.9 Å². The number of carbonyl (C=O) groups is 1. The van der Waals surface area contributed by atoms with Crippen LogP contribution in [0.2, 0.25) is 0 Å². The molecule has 0 saturated carbocycles. The molecule has 0 radical (unpaired) electrons. The first-order chi connectivity index (χ1) is 11.6. The van der Waals surface area contributed by atoms with Gasteiger partial charge in [-0.15, -0.1) is 35.3 Å². The van der Waals surface area contributed by atoms with Gasteiger partial charge in [-0.05, 0) is 32.6 Å². The van der Waals surface area contributed by atoms with Crippen molar-refractivity contribution in [1.29, 1.82) is 0 Å². The summed E-state index contributed by atoms with van der Waals surface area (Å²) in [7, 11) is 1.71. The predicted molar refractivity (Wildman–Crippen MR) is 115 cm³/mol. The second kappa shape index (κ2) is 11.7. The second-order valence-electron chi connectivity index (χ2n) is 6.15. The van der Waals surface area contributed by atoms with E-state index < -0.39 is 0 Å². The Hall–Kier alpha value is -0.900. The number of rotatable bonds is 6. The molecule has 1 aromatic rings. The third-order valence-electron chi connectivity index (χ3n) is 4.30. The van der Waals surface area contributed by atoms with Crippen LogP contribution in [0.1, 0.15) is 36.9 Å². The fourth-order valence-corrected chi connectivity index (χ4v) is 3.59. The number of aliphatic imine (C=N–C) groups is 1. The molecule has 1 aliphatic rings. The third-order valence-corrected chi connectivity index (χ3v) is 5.12. The Morgan fingerprint density at radius 3 is 2.72 bits per heavy atom. The first kappa shape index (κ1) is 22.1. The molecule has 0 bridgehead atoms. The zero-order valence-corrected chi connectivity index (χ0v) is 18.5. The summed E-state index contributed by atoms with van der Waals surface area (Å²) in [5.74, 6) is 1.62. The molecule has 1 fully saturated rings. The SMILES string of the molecule is CCNC(=NCCc1csc(C)n1)N1CCC(CC(=O)NC)CC1.I. The Kier molecular flexibility index (Phi) is 10.3. The first-order valence-corrected chi connectivity index (χ1v) is 9.65. The lowest BCUT2D eigenvalue weighted by Gasteiger charge is -2.34. The van der Waals surface area contributed by atoms with Crippen LogP contribution in [0.3, 0.4) is 0 Å². The molecular formula is C17H30IN5OS. The first-order valence-electron chi connectivity index (χ1n) is 8.77. The summed E-state index contributed by atoms with van der Waals surface area (Å²) in [6.07, 6.45) is 3.61. The third kappa shape index (κ3) is 7.47. The summed E-state index contributed by atoms with van der Waals surface area (Å²) in [5.41, 5.74) is 1.13. The van der Waals surface area contributed by atoms with Gasteiger partial charge in [0.2, 0.25) is 5.91 Å². The van der Waals surface area contributed by atoms with Gasteiger partial charge in [-0.1, -0.05) is 0 Å². The van der Waals surface area contributed by atoms with Crippen LogP contribution >= 0.6 is 35.3 Å². The maximum absolute atomic E-state index is 11.5. The van der Waals surface area contributed by atoms with Crippen molar-refractivity contribution in [3.8, 4) is 0 Å². The van der Waals surface area contributed by atoms with Crippen LogP contribution in [0.25, 0.3) is 0 Å². The summed E-state index contributed by atoms with van der Waals surface area (Å²) in [6, 6.07) is 0. The number of likely N-dealkylation sites (tertiary alicyclic amines) is 1. The van der Waals surface area contributed by atoms with Crippen LogP contribution in [0.5, 0.6) is 0 Å². The zero-order chi connectivity index (χ0) is 17.4. The maximum Gasteiger partial charge on any atom is 0.220 e. The lowest BCUT2D eigenvalue weighted by atomic mass is 9.93. The smallest absolute Gasteiger partial charge is 0.220 e. The molecule has 1 aromatic heterocycles. The van der Waals surface area contributed by atoms with Gasteiger partial charge in [0.15, 0.2) is 5.96 Å². The molecule has 142 valence electrons. The van der Waals surface area contributed by atoms with E-state index in [1.807, 2.05) is 6.92 Å². The Morgan fingerprint density at radius 1 is 1.44 bits per heavy atom. The summed E-state index contributed by atoms with van der Waals surface area (Å²) < 4.78 is 0. The molecule has 1 saturated heterocycles. The van der Waals surface area contributed by atoms with E-state index in [1.54, 1.807) is 18.4 Å². The Morgan fingerprint density at radius 2 is 2.16 bits per heavy atom. The van der Waals surface area contributed by atoms with Gasteiger partial charge in [-0.2, -0.15) is 0 Å². The van der Waals surface area contributed by atoms with Crippen molar-refractivity contribution < 1.29 is 4.79 Å². The van der Waals surface area contributed by atoms with Gasteiger partial charge in [0.25, 0.3) is 0 Å². The Balaban J connectivity index is 0.00000312. The summed E-state index contributed by atoms with van der Waals surface area (Å²) >= 11 is 1.69. The number of amides is 1. The normalized spacial score (nSPS) is 15.6. The van der Waals surface area contributed by atoms with Gasteiger partial charge in [0, 0.05) is 51.4 Å². The highest BCUT2D eigenvalue weighted by Crippen LogP contribution is 2.20. The van der Waals surface area contributed by atoms with Crippen LogP contribution in [0.15, 0.2) is 10.4 Å². The van der Waals surface area contributed by atoms with Crippen LogP contribution in [0, 0.1) is 12.8 Å². The van der Waals surface area contributed by atoms with E-state index in [9.17, 15) is 4.79 Å². The summed E-state index contributed by atoms with van der Waals surface area (Å²) in [5, 5.41) is 9.33. The molecule has 0 unspecified atom stereocenters. The molecule has 0 aromatic carbocycles. The highest BCUT2D eigenvalue weighted by molar-refractivity contribution is 14.0. The van der Waals surface area contributed by atoms with Crippen LogP contribution in [-0.4, -0.2) is 55.0 Å². The average Bonchev–Trinajstić information content (AvgIpc) is 3.00. The molecule has 0 aliphatic carbocycles. The van der Waals surface area contributed by atoms with E-state index in [0.717, 1.165) is 62.1 Å². The van der Waals surface area contributed by atoms with E-state index in [4.69, 9.17) is 4.99 Å². The fraction of sp³-hybridized carbons (Fsp3) is 0.706. The quantitative estimate of drug-likeness (QED) is 0.374. The van der Waals surface area contributed by atoms with Crippen LogP contribution in [0.4, 0.5) is 0 Å². The number of hydrogen-bond donors (Lipinski definition) is 2. The van der Waals surface area contributed by atoms with Gasteiger partial charge in [-0.25, -0.2) is 4.98 Å². The molecule has 2 N–H and O–H groups in total. The summed E-state index contributed by atoms with van der Waals surface area (Å²) in [4.78, 5) is 23.1. The van der Waals surface area contributed by atoms with Crippen molar-refractivity contribution in [1.82, 2.24) is 20.5 Å². The van der Waals surface area contributed by atoms with Crippen molar-refractivity contribution in [2.75, 3.05) is 33.2 Å². The molecule has 6 nitrogen and oxygen atoms in total. The number of hydrogen-bond acceptors (Lipinski definition) is 4. The number of nitrogens with zero attached hydrogens (tertiary/aromatic N) is 3. The molecule has 25 heavy (non-hydrogen) atoms. The Bertz CT molecular complexity index is 555. The average molecular weight is 479 g/mol. The number of piperidine rings is 1. The van der Waals surface area contributed by atoms with Gasteiger partial charge >= 0.3 is 0 Å². The molecule has 0 atom stereocenters. The minimum atomic E-state index is 0. The highest BCUT2D eigenvalue weighted by Gasteiger charge is 2.22. The van der Waals surface area contributed by atoms with E-state index in [1.165, 1.54) is 0 Å². The van der Waals surface area contributed by atoms with Crippen LogP contribution in [-0.2, 0) is 11.2 Å². The largest absolute Gasteiger partial charge is 0.359 e. The van der Waals surface area contributed by atoms with Crippen LogP contribution < -0.4 is 10.6 Å². The van der Waals surface area contributed by atoms with Crippen molar-refractivity contribution >= 4 is 47.2 Å². The molecule has 8 heteroatoms. The lowest BCUT2D eigenvalue weighted by molar-refractivity contribution is -0.121. The number of aromatic nitrogens is 1. The van der Waals surface area contributed by atoms with Crippen molar-refractivity contribution in [2.45, 2.75) is 39.5 Å². The van der Waals surface area contributed by atoms with E-state index >= 15 is 0 Å². The highest BCUT2D eigenvalue weighted by atomic mass is 127. The monoisotopic (exact) mass is 479 g/mol. The molecule has 2 rings (SSSR count). The summed E-state index contributed by atoms with van der Waals surface area (Å²) in [6.45, 7) is 7.67. The molecule has 0 spiro atoms. The number of carbonyl (C=O) groups excluding carboxylic acids is 1. The van der Waals surface area contributed by atoms with Crippen molar-refractivity contribution in [2.24, 2.45) is 10.9 Å². The Labute approximate surface area is 171 Å². The fourth-order valence-electron chi connectivity index (χ4n) is 2.94. The van der Waals surface area contributed by atoms with Crippen molar-refractivity contribution in [3.63, 3.8) is 0 Å². The number of halogens is 1. The van der Waals surface area contributed by atoms with Gasteiger partial charge in [0.05, 0.1) is 10.7 Å². The van der Waals surface area contributed by atoms with Crippen molar-refractivity contribution in [3.05, 3.63) is 16.1 Å². The second-order valence-corrected chi connectivity index (χ2v) is 7.21. The lowest BCUT2D eigenvalue weighted by Crippen LogP contribution is -2.46. The standard InChI is InChI=1S/C17H29N5OS.HI/c1-4-19-17(20-8-5-15-12-24-13(2)21-15)22-9-6-14(7-10-22)11-16(23)18-3;/h12,14H,4-11H2,1-3H3,(H,18,23)(H,19,20);1H. The minimum absolute atomic E-state index is 0. The molecule has 1 amide bonds. The molecule has 1 aliphatic heterocycles. The maximum atomic E-state index is 11.5. The molecule has 2 heterocycles.